The van der Waals surface area contributed by atoms with Crippen molar-refractivity contribution in [3.63, 3.8) is 0 Å². The fraction of sp³-hybridized carbons (Fsp3) is 0.455. The Morgan fingerprint density at radius 3 is 2.69 bits per heavy atom. The van der Waals surface area contributed by atoms with E-state index in [0.29, 0.717) is 13.2 Å². The Hall–Kier alpha value is -2.20. The summed E-state index contributed by atoms with van der Waals surface area (Å²) in [6.45, 7) is 5.46. The van der Waals surface area contributed by atoms with Crippen LogP contribution in [0.4, 0.5) is 0 Å². The second-order valence-corrected chi connectivity index (χ2v) is 7.29. The van der Waals surface area contributed by atoms with Crippen LogP contribution in [0.2, 0.25) is 0 Å². The van der Waals surface area contributed by atoms with E-state index < -0.39 is 0 Å². The molecule has 0 aliphatic carbocycles. The maximum absolute atomic E-state index is 13.1. The smallest absolute Gasteiger partial charge is 0.226 e. The number of hydrogen-bond acceptors (Lipinski definition) is 3. The lowest BCUT2D eigenvalue weighted by Crippen LogP contribution is -2.48. The number of nitrogens with one attached hydrogen (secondary N) is 1. The van der Waals surface area contributed by atoms with Crippen molar-refractivity contribution < 1.29 is 9.53 Å². The molecule has 1 aliphatic rings. The van der Waals surface area contributed by atoms with Crippen molar-refractivity contribution in [1.29, 1.82) is 0 Å². The van der Waals surface area contributed by atoms with E-state index in [1.54, 1.807) is 6.20 Å². The third kappa shape index (κ3) is 4.31. The zero-order valence-electron chi connectivity index (χ0n) is 15.7. The molecular weight excluding hydrogens is 324 g/mol. The second-order valence-electron chi connectivity index (χ2n) is 7.29. The van der Waals surface area contributed by atoms with Crippen molar-refractivity contribution in [2.75, 3.05) is 13.2 Å². The molecule has 4 nitrogen and oxygen atoms in total. The molecule has 1 aliphatic heterocycles. The fourth-order valence-electron chi connectivity index (χ4n) is 3.51. The molecule has 1 saturated heterocycles. The van der Waals surface area contributed by atoms with Gasteiger partial charge in [0.15, 0.2) is 0 Å². The minimum Gasteiger partial charge on any atom is -0.381 e. The average molecular weight is 352 g/mol. The largest absolute Gasteiger partial charge is 0.381 e. The number of nitrogens with zero attached hydrogens (tertiary/aromatic N) is 1. The maximum Gasteiger partial charge on any atom is 0.226 e. The highest BCUT2D eigenvalue weighted by molar-refractivity contribution is 5.83. The highest BCUT2D eigenvalue weighted by Gasteiger charge is 2.40. The molecule has 0 bridgehead atoms. The molecule has 26 heavy (non-hydrogen) atoms. The summed E-state index contributed by atoms with van der Waals surface area (Å²) in [5, 5.41) is 3.20. The van der Waals surface area contributed by atoms with Crippen LogP contribution in [-0.2, 0) is 16.0 Å². The summed E-state index contributed by atoms with van der Waals surface area (Å²) in [4.78, 5) is 17.3. The van der Waals surface area contributed by atoms with Gasteiger partial charge in [-0.15, -0.1) is 0 Å². The molecule has 1 N–H and O–H groups in total. The third-order valence-corrected chi connectivity index (χ3v) is 5.39. The molecule has 0 unspecified atom stereocenters. The summed E-state index contributed by atoms with van der Waals surface area (Å²) in [5.74, 6) is 0.168. The number of aromatic nitrogens is 1. The Balaban J connectivity index is 1.84. The lowest BCUT2D eigenvalue weighted by molar-refractivity contribution is -0.137. The summed E-state index contributed by atoms with van der Waals surface area (Å²) >= 11 is 0. The quantitative estimate of drug-likeness (QED) is 0.855. The van der Waals surface area contributed by atoms with Crippen LogP contribution in [0.1, 0.15) is 38.7 Å². The number of pyridine rings is 1. The zero-order chi connectivity index (χ0) is 18.4. The third-order valence-electron chi connectivity index (χ3n) is 5.39. The van der Waals surface area contributed by atoms with Crippen molar-refractivity contribution in [2.24, 2.45) is 5.41 Å². The highest BCUT2D eigenvalue weighted by atomic mass is 16.5. The minimum atomic E-state index is -0.380. The number of carbonyl (C=O) groups is 1. The van der Waals surface area contributed by atoms with Gasteiger partial charge in [-0.2, -0.15) is 0 Å². The van der Waals surface area contributed by atoms with Crippen LogP contribution >= 0.6 is 0 Å². The Bertz CT molecular complexity index is 724. The van der Waals surface area contributed by atoms with Crippen LogP contribution in [0.5, 0.6) is 0 Å². The van der Waals surface area contributed by atoms with Crippen molar-refractivity contribution in [3.8, 4) is 11.1 Å². The fourth-order valence-corrected chi connectivity index (χ4v) is 3.51. The van der Waals surface area contributed by atoms with E-state index in [-0.39, 0.29) is 17.4 Å². The number of benzene rings is 1. The predicted molar refractivity (Wildman–Crippen MR) is 104 cm³/mol. The molecule has 0 radical (unpaired) electrons. The number of rotatable bonds is 6. The first-order valence-corrected chi connectivity index (χ1v) is 9.51. The molecule has 2 aromatic rings. The number of carbonyl (C=O) groups excluding carboxylic acids is 1. The van der Waals surface area contributed by atoms with E-state index in [0.717, 1.165) is 36.8 Å². The van der Waals surface area contributed by atoms with Crippen LogP contribution < -0.4 is 5.32 Å². The molecular formula is C22H28N2O2. The summed E-state index contributed by atoms with van der Waals surface area (Å²) in [6, 6.07) is 12.7. The van der Waals surface area contributed by atoms with Gasteiger partial charge in [0.05, 0.1) is 5.41 Å². The highest BCUT2D eigenvalue weighted by Crippen LogP contribution is 2.36. The van der Waals surface area contributed by atoms with Crippen molar-refractivity contribution in [2.45, 2.75) is 45.6 Å². The molecule has 4 heteroatoms. The molecule has 138 valence electrons. The first kappa shape index (κ1) is 18.6. The lowest BCUT2D eigenvalue weighted by atomic mass is 9.74. The van der Waals surface area contributed by atoms with Gasteiger partial charge in [0, 0.05) is 31.6 Å². The molecule has 1 amide bonds. The standard InChI is InChI=1S/C22H28N2O2/c1-3-17(2)24-21(25)22(9-12-26-13-10-22)15-18-6-4-7-19(14-18)20-8-5-11-23-16-20/h4-8,11,14,16-17H,3,9-10,12-13,15H2,1-2H3,(H,24,25)/t17-/m1/s1. The molecule has 1 atom stereocenters. The Morgan fingerprint density at radius 2 is 2.00 bits per heavy atom. The minimum absolute atomic E-state index is 0.168. The number of amides is 1. The average Bonchev–Trinajstić information content (AvgIpc) is 2.69. The maximum atomic E-state index is 13.1. The van der Waals surface area contributed by atoms with E-state index in [4.69, 9.17) is 4.74 Å². The Kier molecular flexibility index (Phi) is 6.04. The lowest BCUT2D eigenvalue weighted by Gasteiger charge is -2.37. The van der Waals surface area contributed by atoms with Crippen molar-refractivity contribution in [3.05, 3.63) is 54.4 Å². The predicted octanol–water partition coefficient (Wildman–Crippen LogP) is 4.00. The van der Waals surface area contributed by atoms with Gasteiger partial charge >= 0.3 is 0 Å². The normalized spacial score (nSPS) is 17.5. The van der Waals surface area contributed by atoms with E-state index in [9.17, 15) is 4.79 Å². The summed E-state index contributed by atoms with van der Waals surface area (Å²) in [5.41, 5.74) is 3.04. The molecule has 1 aromatic heterocycles. The molecule has 0 saturated carbocycles. The second kappa shape index (κ2) is 8.45. The summed E-state index contributed by atoms with van der Waals surface area (Å²) in [6.07, 6.45) is 6.88. The van der Waals surface area contributed by atoms with Crippen LogP contribution in [0, 0.1) is 5.41 Å². The van der Waals surface area contributed by atoms with Gasteiger partial charge in [0.25, 0.3) is 0 Å². The van der Waals surface area contributed by atoms with Gasteiger partial charge in [-0.3, -0.25) is 9.78 Å². The number of hydrogen-bond donors (Lipinski definition) is 1. The van der Waals surface area contributed by atoms with Gasteiger partial charge in [-0.05, 0) is 55.4 Å². The van der Waals surface area contributed by atoms with E-state index in [1.165, 1.54) is 5.56 Å². The zero-order valence-corrected chi connectivity index (χ0v) is 15.7. The summed E-state index contributed by atoms with van der Waals surface area (Å²) < 4.78 is 5.55. The van der Waals surface area contributed by atoms with Crippen LogP contribution in [0.15, 0.2) is 48.8 Å². The Labute approximate surface area is 156 Å². The molecule has 1 aromatic carbocycles. The SMILES string of the molecule is CC[C@@H](C)NC(=O)C1(Cc2cccc(-c3cccnc3)c2)CCOCC1. The first-order chi connectivity index (χ1) is 12.6. The van der Waals surface area contributed by atoms with Gasteiger partial charge < -0.3 is 10.1 Å². The topological polar surface area (TPSA) is 51.2 Å². The van der Waals surface area contributed by atoms with E-state index in [1.807, 2.05) is 12.3 Å². The van der Waals surface area contributed by atoms with E-state index in [2.05, 4.69) is 54.5 Å². The molecule has 3 rings (SSSR count). The van der Waals surface area contributed by atoms with Gasteiger partial charge in [-0.1, -0.05) is 37.3 Å². The van der Waals surface area contributed by atoms with Crippen molar-refractivity contribution in [1.82, 2.24) is 10.3 Å². The van der Waals surface area contributed by atoms with Gasteiger partial charge in [-0.25, -0.2) is 0 Å². The van der Waals surface area contributed by atoms with Crippen molar-refractivity contribution >= 4 is 5.91 Å². The van der Waals surface area contributed by atoms with Gasteiger partial charge in [0.2, 0.25) is 5.91 Å². The van der Waals surface area contributed by atoms with Gasteiger partial charge in [0.1, 0.15) is 0 Å². The number of ether oxygens (including phenoxy) is 1. The Morgan fingerprint density at radius 1 is 1.23 bits per heavy atom. The molecule has 0 spiro atoms. The first-order valence-electron chi connectivity index (χ1n) is 9.51. The molecule has 1 fully saturated rings. The summed E-state index contributed by atoms with van der Waals surface area (Å²) in [7, 11) is 0. The molecule has 2 heterocycles. The monoisotopic (exact) mass is 352 g/mol. The van der Waals surface area contributed by atoms with Crippen LogP contribution in [0.25, 0.3) is 11.1 Å². The van der Waals surface area contributed by atoms with E-state index >= 15 is 0 Å². The van der Waals surface area contributed by atoms with Crippen LogP contribution in [-0.4, -0.2) is 30.1 Å². The van der Waals surface area contributed by atoms with Crippen LogP contribution in [0.3, 0.4) is 0 Å².